The van der Waals surface area contributed by atoms with Crippen LogP contribution in [-0.2, 0) is 10.8 Å². The molecule has 1 heteroatoms. The zero-order valence-corrected chi connectivity index (χ0v) is 38.1. The second-order valence-electron chi connectivity index (χ2n) is 18.3. The van der Waals surface area contributed by atoms with E-state index in [1.54, 1.807) is 0 Å². The maximum atomic E-state index is 2.47. The highest BCUT2D eigenvalue weighted by Crippen LogP contribution is 2.60. The summed E-state index contributed by atoms with van der Waals surface area (Å²) in [6.45, 7) is 0. The summed E-state index contributed by atoms with van der Waals surface area (Å²) in [7, 11) is 0. The Morgan fingerprint density at radius 3 is 1.20 bits per heavy atom. The van der Waals surface area contributed by atoms with E-state index in [1.165, 1.54) is 89.0 Å². The van der Waals surface area contributed by atoms with Gasteiger partial charge in [-0.15, -0.1) is 0 Å². The van der Waals surface area contributed by atoms with E-state index in [0.717, 1.165) is 17.1 Å². The number of rotatable bonds is 9. The van der Waals surface area contributed by atoms with Gasteiger partial charge in [0.1, 0.15) is 0 Å². The summed E-state index contributed by atoms with van der Waals surface area (Å²) in [6, 6.07) is 105. The van der Waals surface area contributed by atoms with Gasteiger partial charge in [-0.05, 0) is 114 Å². The molecule has 1 nitrogen and oxygen atoms in total. The smallest absolute Gasteiger partial charge is 0.0714 e. The van der Waals surface area contributed by atoms with Crippen LogP contribution < -0.4 is 4.90 Å². The Bertz CT molecular complexity index is 3560. The van der Waals surface area contributed by atoms with Gasteiger partial charge >= 0.3 is 0 Å². The van der Waals surface area contributed by atoms with Crippen molar-refractivity contribution in [1.82, 2.24) is 0 Å². The molecule has 2 aliphatic rings. The lowest BCUT2D eigenvalue weighted by atomic mass is 9.67. The largest absolute Gasteiger partial charge is 0.310 e. The zero-order valence-electron chi connectivity index (χ0n) is 38.1. The van der Waals surface area contributed by atoms with Gasteiger partial charge in [0.15, 0.2) is 0 Å². The molecule has 0 radical (unpaired) electrons. The van der Waals surface area contributed by atoms with Crippen LogP contribution in [0.1, 0.15) is 44.5 Å². The van der Waals surface area contributed by atoms with Crippen LogP contribution >= 0.6 is 0 Å². The normalized spacial score (nSPS) is 13.4. The van der Waals surface area contributed by atoms with Crippen LogP contribution in [0, 0.1) is 0 Å². The predicted octanol–water partition coefficient (Wildman–Crippen LogP) is 17.2. The van der Waals surface area contributed by atoms with Crippen LogP contribution in [0.4, 0.5) is 17.1 Å². The van der Waals surface area contributed by atoms with Crippen molar-refractivity contribution < 1.29 is 0 Å². The average molecular weight is 878 g/mol. The standard InChI is InChI=1S/C68H47N/c1-6-23-48(24-7-1)56-33-18-21-40-65(56)69(55-45-46-59-58-34-16-19-37-61(58)68(64(59)47-55,52-29-12-4-13-30-52)53-31-14-5-15-32-53)54-43-41-49(42-44-54)57-36-22-39-63-66(57)60-35-17-20-38-62(60)67(63,50-25-8-2-9-26-50)51-27-10-3-11-28-51/h1-47H. The van der Waals surface area contributed by atoms with E-state index < -0.39 is 10.8 Å². The molecule has 0 aromatic heterocycles. The van der Waals surface area contributed by atoms with Gasteiger partial charge in [-0.2, -0.15) is 0 Å². The Labute approximate surface area is 404 Å². The van der Waals surface area contributed by atoms with Crippen LogP contribution in [0.25, 0.3) is 44.5 Å². The maximum Gasteiger partial charge on any atom is 0.0714 e. The SMILES string of the molecule is c1ccc(-c2ccccc2N(c2ccc(-c3cccc4c3-c3ccccc3C4(c3ccccc3)c3ccccc3)cc2)c2ccc3c(c2)C(c2ccccc2)(c2ccccc2)c2ccccc2-3)cc1. The summed E-state index contributed by atoms with van der Waals surface area (Å²) in [6.07, 6.45) is 0. The Morgan fingerprint density at radius 2 is 0.623 bits per heavy atom. The van der Waals surface area contributed by atoms with Gasteiger partial charge in [0.05, 0.1) is 16.5 Å². The zero-order chi connectivity index (χ0) is 45.8. The molecule has 0 heterocycles. The molecule has 0 amide bonds. The van der Waals surface area contributed by atoms with Crippen molar-refractivity contribution in [2.45, 2.75) is 10.8 Å². The molecule has 11 aromatic carbocycles. The third kappa shape index (κ3) is 6.17. The lowest BCUT2D eigenvalue weighted by Crippen LogP contribution is -2.28. The van der Waals surface area contributed by atoms with Gasteiger partial charge in [0.2, 0.25) is 0 Å². The summed E-state index contributed by atoms with van der Waals surface area (Å²) in [4.78, 5) is 2.47. The van der Waals surface area contributed by atoms with Gasteiger partial charge in [0, 0.05) is 16.9 Å². The van der Waals surface area contributed by atoms with E-state index in [9.17, 15) is 0 Å². The fourth-order valence-corrected chi connectivity index (χ4v) is 12.1. The molecule has 0 saturated heterocycles. The first-order chi connectivity index (χ1) is 34.3. The molecule has 0 saturated carbocycles. The van der Waals surface area contributed by atoms with Gasteiger partial charge in [-0.3, -0.25) is 0 Å². The molecule has 0 N–H and O–H groups in total. The van der Waals surface area contributed by atoms with Gasteiger partial charge in [-0.1, -0.05) is 255 Å². The Balaban J connectivity index is 1.02. The molecule has 0 bridgehead atoms. The molecule has 324 valence electrons. The third-order valence-electron chi connectivity index (χ3n) is 14.8. The maximum absolute atomic E-state index is 2.47. The molecule has 2 aliphatic carbocycles. The van der Waals surface area contributed by atoms with E-state index in [4.69, 9.17) is 0 Å². The van der Waals surface area contributed by atoms with Crippen LogP contribution in [0.3, 0.4) is 0 Å². The Kier molecular flexibility index (Phi) is 9.70. The highest BCUT2D eigenvalue weighted by Gasteiger charge is 2.48. The summed E-state index contributed by atoms with van der Waals surface area (Å²) in [5.74, 6) is 0. The van der Waals surface area contributed by atoms with Crippen molar-refractivity contribution in [3.05, 3.63) is 330 Å². The van der Waals surface area contributed by atoms with Crippen LogP contribution in [0.15, 0.2) is 285 Å². The second-order valence-corrected chi connectivity index (χ2v) is 18.3. The topological polar surface area (TPSA) is 3.24 Å². The van der Waals surface area contributed by atoms with Crippen molar-refractivity contribution in [1.29, 1.82) is 0 Å². The third-order valence-corrected chi connectivity index (χ3v) is 14.8. The van der Waals surface area contributed by atoms with Gasteiger partial charge in [0.25, 0.3) is 0 Å². The molecule has 69 heavy (non-hydrogen) atoms. The first-order valence-corrected chi connectivity index (χ1v) is 24.0. The van der Waals surface area contributed by atoms with Crippen LogP contribution in [-0.4, -0.2) is 0 Å². The highest BCUT2D eigenvalue weighted by molar-refractivity contribution is 5.97. The minimum atomic E-state index is -0.530. The van der Waals surface area contributed by atoms with Gasteiger partial charge < -0.3 is 4.90 Å². The number of para-hydroxylation sites is 1. The van der Waals surface area contributed by atoms with E-state index in [1.807, 2.05) is 0 Å². The number of hydrogen-bond acceptors (Lipinski definition) is 1. The molecule has 0 spiro atoms. The van der Waals surface area contributed by atoms with E-state index >= 15 is 0 Å². The van der Waals surface area contributed by atoms with Crippen molar-refractivity contribution in [2.24, 2.45) is 0 Å². The number of nitrogens with zero attached hydrogens (tertiary/aromatic N) is 1. The summed E-state index contributed by atoms with van der Waals surface area (Å²) < 4.78 is 0. The Morgan fingerprint density at radius 1 is 0.232 bits per heavy atom. The van der Waals surface area contributed by atoms with Crippen molar-refractivity contribution in [2.75, 3.05) is 4.90 Å². The van der Waals surface area contributed by atoms with Crippen LogP contribution in [0.2, 0.25) is 0 Å². The number of benzene rings is 11. The van der Waals surface area contributed by atoms with Crippen molar-refractivity contribution >= 4 is 17.1 Å². The highest BCUT2D eigenvalue weighted by atomic mass is 15.1. The molecule has 13 rings (SSSR count). The fourth-order valence-electron chi connectivity index (χ4n) is 12.1. The quantitative estimate of drug-likeness (QED) is 0.140. The molecule has 0 fully saturated rings. The van der Waals surface area contributed by atoms with Gasteiger partial charge in [-0.25, -0.2) is 0 Å². The number of hydrogen-bond donors (Lipinski definition) is 0. The Hall–Kier alpha value is -8.78. The summed E-state index contributed by atoms with van der Waals surface area (Å²) >= 11 is 0. The molecular weight excluding hydrogens is 831 g/mol. The lowest BCUT2D eigenvalue weighted by molar-refractivity contribution is 0.768. The number of fused-ring (bicyclic) bond motifs is 6. The molecule has 0 aliphatic heterocycles. The molecular formula is C68H47N. The summed E-state index contributed by atoms with van der Waals surface area (Å²) in [5, 5.41) is 0. The minimum Gasteiger partial charge on any atom is -0.310 e. The van der Waals surface area contributed by atoms with Crippen molar-refractivity contribution in [3.63, 3.8) is 0 Å². The van der Waals surface area contributed by atoms with E-state index in [0.29, 0.717) is 0 Å². The molecule has 0 unspecified atom stereocenters. The molecule has 0 atom stereocenters. The first kappa shape index (κ1) is 40.5. The fraction of sp³-hybridized carbons (Fsp3) is 0.0294. The average Bonchev–Trinajstić information content (AvgIpc) is 3.91. The van der Waals surface area contributed by atoms with Crippen molar-refractivity contribution in [3.8, 4) is 44.5 Å². The predicted molar refractivity (Wildman–Crippen MR) is 287 cm³/mol. The summed E-state index contributed by atoms with van der Waals surface area (Å²) in [5.41, 5.74) is 22.4. The first-order valence-electron chi connectivity index (χ1n) is 24.0. The van der Waals surface area contributed by atoms with E-state index in [2.05, 4.69) is 290 Å². The monoisotopic (exact) mass is 877 g/mol. The van der Waals surface area contributed by atoms with Crippen LogP contribution in [0.5, 0.6) is 0 Å². The molecule has 11 aromatic rings. The number of anilines is 3. The second kappa shape index (κ2) is 16.5. The lowest BCUT2D eigenvalue weighted by Gasteiger charge is -2.35. The van der Waals surface area contributed by atoms with E-state index in [-0.39, 0.29) is 0 Å². The minimum absolute atomic E-state index is 0.468.